The second-order valence-corrected chi connectivity index (χ2v) is 7.60. The second-order valence-electron chi connectivity index (χ2n) is 7.60. The average Bonchev–Trinajstić information content (AvgIpc) is 3.39. The first kappa shape index (κ1) is 18.2. The zero-order valence-corrected chi connectivity index (χ0v) is 16.2. The molecule has 0 aliphatic carbocycles. The van der Waals surface area contributed by atoms with Crippen LogP contribution in [0, 0.1) is 6.92 Å². The Morgan fingerprint density at radius 3 is 2.63 bits per heavy atom. The van der Waals surface area contributed by atoms with Gasteiger partial charge in [0.2, 0.25) is 5.95 Å². The van der Waals surface area contributed by atoms with Gasteiger partial charge in [-0.2, -0.15) is 4.98 Å². The summed E-state index contributed by atoms with van der Waals surface area (Å²) in [4.78, 5) is 14.3. The van der Waals surface area contributed by atoms with Crippen molar-refractivity contribution in [1.29, 1.82) is 0 Å². The third kappa shape index (κ3) is 4.74. The van der Waals surface area contributed by atoms with Gasteiger partial charge in [-0.3, -0.25) is 4.68 Å². The zero-order chi connectivity index (χ0) is 18.5. The van der Waals surface area contributed by atoms with Crippen molar-refractivity contribution in [2.75, 3.05) is 42.5 Å². The van der Waals surface area contributed by atoms with Crippen LogP contribution in [-0.4, -0.2) is 63.7 Å². The van der Waals surface area contributed by atoms with Crippen molar-refractivity contribution in [2.24, 2.45) is 0 Å². The van der Waals surface area contributed by atoms with Crippen molar-refractivity contribution in [2.45, 2.75) is 51.6 Å². The van der Waals surface area contributed by atoms with Crippen LogP contribution < -0.4 is 15.1 Å². The molecule has 146 valence electrons. The fourth-order valence-corrected chi connectivity index (χ4v) is 3.97. The maximum absolute atomic E-state index is 4.87. The number of anilines is 2. The van der Waals surface area contributed by atoms with Gasteiger partial charge in [-0.15, -0.1) is 5.10 Å². The first-order valence-electron chi connectivity index (χ1n) is 10.2. The topological polar surface area (TPSA) is 75.0 Å². The molecule has 0 unspecified atom stereocenters. The molecule has 1 N–H and O–H groups in total. The fraction of sp³-hybridized carbons (Fsp3) is 0.684. The minimum absolute atomic E-state index is 0.595. The second kappa shape index (κ2) is 8.65. The van der Waals surface area contributed by atoms with Crippen LogP contribution in [0.5, 0.6) is 0 Å². The number of hydrogen-bond donors (Lipinski definition) is 1. The van der Waals surface area contributed by atoms with Crippen LogP contribution in [0.1, 0.15) is 37.8 Å². The molecule has 0 amide bonds. The Morgan fingerprint density at radius 2 is 1.89 bits per heavy atom. The maximum Gasteiger partial charge on any atom is 0.227 e. The highest BCUT2D eigenvalue weighted by Gasteiger charge is 2.22. The maximum atomic E-state index is 4.87. The predicted molar refractivity (Wildman–Crippen MR) is 106 cm³/mol. The van der Waals surface area contributed by atoms with E-state index in [0.29, 0.717) is 6.04 Å². The molecule has 0 atom stereocenters. The van der Waals surface area contributed by atoms with E-state index >= 15 is 0 Å². The van der Waals surface area contributed by atoms with Gasteiger partial charge in [0, 0.05) is 56.7 Å². The Kier molecular flexibility index (Phi) is 5.81. The predicted octanol–water partition coefficient (Wildman–Crippen LogP) is 1.63. The van der Waals surface area contributed by atoms with E-state index in [1.54, 1.807) is 6.20 Å². The summed E-state index contributed by atoms with van der Waals surface area (Å²) in [5.74, 6) is 2.00. The summed E-state index contributed by atoms with van der Waals surface area (Å²) in [6, 6.07) is 2.73. The Hall–Kier alpha value is -2.22. The van der Waals surface area contributed by atoms with Crippen LogP contribution in [0.25, 0.3) is 0 Å². The van der Waals surface area contributed by atoms with Crippen LogP contribution in [0.3, 0.4) is 0 Å². The van der Waals surface area contributed by atoms with Gasteiger partial charge in [0.05, 0.1) is 6.20 Å². The molecule has 0 bridgehead atoms. The Balaban J connectivity index is 1.25. The lowest BCUT2D eigenvalue weighted by atomic mass is 10.0. The van der Waals surface area contributed by atoms with Gasteiger partial charge in [0.15, 0.2) is 0 Å². The molecular formula is C19H30N8. The first-order chi connectivity index (χ1) is 13.3. The van der Waals surface area contributed by atoms with Crippen molar-refractivity contribution in [3.8, 4) is 0 Å². The van der Waals surface area contributed by atoms with E-state index in [0.717, 1.165) is 76.0 Å². The summed E-state index contributed by atoms with van der Waals surface area (Å²) >= 11 is 0. The number of nitrogens with zero attached hydrogens (tertiary/aromatic N) is 7. The number of nitrogens with one attached hydrogen (secondary N) is 1. The number of hydrogen-bond acceptors (Lipinski definition) is 7. The summed E-state index contributed by atoms with van der Waals surface area (Å²) in [5, 5.41) is 11.5. The van der Waals surface area contributed by atoms with Gasteiger partial charge in [-0.05, 0) is 45.6 Å². The van der Waals surface area contributed by atoms with Crippen LogP contribution in [0.15, 0.2) is 18.5 Å². The molecule has 27 heavy (non-hydrogen) atoms. The summed E-state index contributed by atoms with van der Waals surface area (Å²) in [7, 11) is 0. The van der Waals surface area contributed by atoms with Crippen molar-refractivity contribution in [3.05, 3.63) is 24.2 Å². The number of aromatic nitrogens is 5. The minimum Gasteiger partial charge on any atom is -0.356 e. The van der Waals surface area contributed by atoms with E-state index in [4.69, 9.17) is 4.98 Å². The Morgan fingerprint density at radius 1 is 1.07 bits per heavy atom. The standard InChI is InChI=1S/C19H30N8/c1-16-15-18(23-19(22-16)26-9-2-3-10-26)25-12-5-17(6-13-25)20-7-4-11-27-14-8-21-24-27/h8,14-15,17,20H,2-7,9-13H2,1H3. The molecule has 2 aromatic rings. The molecule has 0 radical (unpaired) electrons. The Labute approximate surface area is 161 Å². The highest BCUT2D eigenvalue weighted by atomic mass is 15.4. The van der Waals surface area contributed by atoms with Crippen LogP contribution >= 0.6 is 0 Å². The smallest absolute Gasteiger partial charge is 0.227 e. The minimum atomic E-state index is 0.595. The third-order valence-electron chi connectivity index (χ3n) is 5.51. The van der Waals surface area contributed by atoms with Crippen molar-refractivity contribution in [3.63, 3.8) is 0 Å². The fourth-order valence-electron chi connectivity index (χ4n) is 3.97. The average molecular weight is 371 g/mol. The molecule has 4 rings (SSSR count). The number of rotatable bonds is 7. The van der Waals surface area contributed by atoms with Gasteiger partial charge >= 0.3 is 0 Å². The SMILES string of the molecule is Cc1cc(N2CCC(NCCCn3ccnn3)CC2)nc(N2CCCC2)n1. The molecular weight excluding hydrogens is 340 g/mol. The van der Waals surface area contributed by atoms with Gasteiger partial charge in [0.1, 0.15) is 5.82 Å². The summed E-state index contributed by atoms with van der Waals surface area (Å²) in [5.41, 5.74) is 1.07. The molecule has 0 saturated carbocycles. The molecule has 2 saturated heterocycles. The normalized spacial score (nSPS) is 18.4. The largest absolute Gasteiger partial charge is 0.356 e. The first-order valence-corrected chi connectivity index (χ1v) is 10.2. The van der Waals surface area contributed by atoms with E-state index in [1.165, 1.54) is 12.8 Å². The highest BCUT2D eigenvalue weighted by Crippen LogP contribution is 2.23. The molecule has 2 aromatic heterocycles. The number of piperidine rings is 1. The van der Waals surface area contributed by atoms with Crippen LogP contribution in [0.4, 0.5) is 11.8 Å². The summed E-state index contributed by atoms with van der Waals surface area (Å²) in [6.07, 6.45) is 9.54. The van der Waals surface area contributed by atoms with Crippen LogP contribution in [-0.2, 0) is 6.54 Å². The Bertz CT molecular complexity index is 703. The monoisotopic (exact) mass is 370 g/mol. The van der Waals surface area contributed by atoms with E-state index in [9.17, 15) is 0 Å². The van der Waals surface area contributed by atoms with E-state index in [-0.39, 0.29) is 0 Å². The molecule has 0 aromatic carbocycles. The van der Waals surface area contributed by atoms with Crippen molar-refractivity contribution >= 4 is 11.8 Å². The van der Waals surface area contributed by atoms with E-state index in [1.807, 2.05) is 10.9 Å². The molecule has 2 aliphatic rings. The van der Waals surface area contributed by atoms with E-state index in [2.05, 4.69) is 43.4 Å². The molecule has 4 heterocycles. The molecule has 0 spiro atoms. The molecule has 2 aliphatic heterocycles. The highest BCUT2D eigenvalue weighted by molar-refractivity contribution is 5.46. The lowest BCUT2D eigenvalue weighted by molar-refractivity contribution is 0.402. The van der Waals surface area contributed by atoms with Gasteiger partial charge in [-0.1, -0.05) is 5.21 Å². The van der Waals surface area contributed by atoms with Gasteiger partial charge in [0.25, 0.3) is 0 Å². The van der Waals surface area contributed by atoms with Crippen LogP contribution in [0.2, 0.25) is 0 Å². The van der Waals surface area contributed by atoms with Gasteiger partial charge in [-0.25, -0.2) is 4.98 Å². The lowest BCUT2D eigenvalue weighted by Crippen LogP contribution is -2.43. The van der Waals surface area contributed by atoms with Gasteiger partial charge < -0.3 is 15.1 Å². The zero-order valence-electron chi connectivity index (χ0n) is 16.2. The quantitative estimate of drug-likeness (QED) is 0.742. The number of aryl methyl sites for hydroxylation is 2. The molecule has 8 nitrogen and oxygen atoms in total. The van der Waals surface area contributed by atoms with Crippen molar-refractivity contribution < 1.29 is 0 Å². The molecule has 8 heteroatoms. The third-order valence-corrected chi connectivity index (χ3v) is 5.51. The van der Waals surface area contributed by atoms with Crippen molar-refractivity contribution in [1.82, 2.24) is 30.3 Å². The van der Waals surface area contributed by atoms with E-state index < -0.39 is 0 Å². The summed E-state index contributed by atoms with van der Waals surface area (Å²) in [6.45, 7) is 8.30. The summed E-state index contributed by atoms with van der Waals surface area (Å²) < 4.78 is 1.89. The molecule has 2 fully saturated rings. The lowest BCUT2D eigenvalue weighted by Gasteiger charge is -2.33.